The van der Waals surface area contributed by atoms with Gasteiger partial charge in [-0.3, -0.25) is 0 Å². The lowest BCUT2D eigenvalue weighted by atomic mass is 10.2. The van der Waals surface area contributed by atoms with Crippen molar-refractivity contribution in [3.63, 3.8) is 0 Å². The van der Waals surface area contributed by atoms with Crippen LogP contribution < -0.4 is 0 Å². The molecule has 1 rings (SSSR count). The maximum absolute atomic E-state index is 12.6. The van der Waals surface area contributed by atoms with Gasteiger partial charge in [-0.25, -0.2) is 22.9 Å². The number of aromatic carboxylic acids is 1. The van der Waals surface area contributed by atoms with Gasteiger partial charge < -0.3 is 10.2 Å². The molecule has 0 aliphatic carbocycles. The highest BCUT2D eigenvalue weighted by molar-refractivity contribution is 5.88. The van der Waals surface area contributed by atoms with E-state index in [9.17, 15) is 18.0 Å². The molecule has 76 valence electrons. The minimum absolute atomic E-state index is 0.324. The van der Waals surface area contributed by atoms with Gasteiger partial charge in [-0.15, -0.1) is 0 Å². The van der Waals surface area contributed by atoms with E-state index in [2.05, 4.69) is 4.98 Å². The van der Waals surface area contributed by atoms with E-state index in [1.807, 2.05) is 0 Å². The zero-order valence-corrected chi connectivity index (χ0v) is 6.54. The van der Waals surface area contributed by atoms with Gasteiger partial charge in [0.1, 0.15) is 0 Å². The summed E-state index contributed by atoms with van der Waals surface area (Å²) >= 11 is 0. The number of alkyl halides is 2. The number of hydrogen-bond acceptors (Lipinski definition) is 3. The molecule has 0 atom stereocenters. The van der Waals surface area contributed by atoms with Crippen molar-refractivity contribution in [2.75, 3.05) is 0 Å². The fourth-order valence-corrected chi connectivity index (χ4v) is 0.857. The number of aromatic nitrogens is 1. The number of hydrogen-bond donors (Lipinski definition) is 2. The quantitative estimate of drug-likeness (QED) is 0.771. The smallest absolute Gasteiger partial charge is 0.358 e. The molecule has 1 aromatic heterocycles. The highest BCUT2D eigenvalue weighted by atomic mass is 19.3. The molecule has 7 heteroatoms. The van der Waals surface area contributed by atoms with Crippen LogP contribution in [0.15, 0.2) is 6.20 Å². The first kappa shape index (κ1) is 10.3. The standard InChI is InChI=1S/C7H4F3NO3/c8-2-1-11-4(7(13)14)5(12)3(2)6(9)10/h1,6,12H,(H,13,14). The van der Waals surface area contributed by atoms with E-state index in [1.54, 1.807) is 0 Å². The number of halogens is 3. The van der Waals surface area contributed by atoms with Gasteiger partial charge in [-0.05, 0) is 0 Å². The highest BCUT2D eigenvalue weighted by Crippen LogP contribution is 2.32. The van der Waals surface area contributed by atoms with Crippen molar-refractivity contribution in [3.05, 3.63) is 23.3 Å². The Balaban J connectivity index is 3.41. The van der Waals surface area contributed by atoms with E-state index in [0.717, 1.165) is 0 Å². The van der Waals surface area contributed by atoms with Crippen molar-refractivity contribution >= 4 is 5.97 Å². The number of pyridine rings is 1. The summed E-state index contributed by atoms with van der Waals surface area (Å²) in [5.74, 6) is -4.49. The Morgan fingerprint density at radius 1 is 1.50 bits per heavy atom. The van der Waals surface area contributed by atoms with Crippen LogP contribution in [-0.2, 0) is 0 Å². The van der Waals surface area contributed by atoms with Crippen LogP contribution in [0.1, 0.15) is 22.5 Å². The SMILES string of the molecule is O=C(O)c1ncc(F)c(C(F)F)c1O. The highest BCUT2D eigenvalue weighted by Gasteiger charge is 2.24. The molecular formula is C7H4F3NO3. The van der Waals surface area contributed by atoms with Crippen molar-refractivity contribution in [1.82, 2.24) is 4.98 Å². The molecule has 0 aliphatic heterocycles. The molecule has 0 saturated carbocycles. The molecule has 0 bridgehead atoms. The molecule has 2 N–H and O–H groups in total. The number of carboxylic acids is 1. The van der Waals surface area contributed by atoms with Crippen molar-refractivity contribution in [2.24, 2.45) is 0 Å². The number of carbonyl (C=O) groups is 1. The first-order chi connectivity index (χ1) is 6.45. The minimum Gasteiger partial charge on any atom is -0.505 e. The Morgan fingerprint density at radius 3 is 2.50 bits per heavy atom. The fourth-order valence-electron chi connectivity index (χ4n) is 0.857. The van der Waals surface area contributed by atoms with Crippen LogP contribution in [0.2, 0.25) is 0 Å². The van der Waals surface area contributed by atoms with E-state index < -0.39 is 35.2 Å². The number of aromatic hydroxyl groups is 1. The summed E-state index contributed by atoms with van der Waals surface area (Å²) in [7, 11) is 0. The monoisotopic (exact) mass is 207 g/mol. The van der Waals surface area contributed by atoms with Gasteiger partial charge in [0.25, 0.3) is 6.43 Å². The number of carboxylic acid groups (broad SMARTS) is 1. The van der Waals surface area contributed by atoms with E-state index in [4.69, 9.17) is 10.2 Å². The predicted molar refractivity (Wildman–Crippen MR) is 37.8 cm³/mol. The third-order valence-corrected chi connectivity index (χ3v) is 1.46. The summed E-state index contributed by atoms with van der Waals surface area (Å²) in [5.41, 5.74) is -2.35. The largest absolute Gasteiger partial charge is 0.505 e. The van der Waals surface area contributed by atoms with E-state index >= 15 is 0 Å². The second-order valence-corrected chi connectivity index (χ2v) is 2.32. The van der Waals surface area contributed by atoms with Gasteiger partial charge >= 0.3 is 5.97 Å². The Labute approximate surface area is 75.6 Å². The molecule has 0 aliphatic rings. The number of nitrogens with zero attached hydrogens (tertiary/aromatic N) is 1. The van der Waals surface area contributed by atoms with E-state index in [0.29, 0.717) is 6.20 Å². The van der Waals surface area contributed by atoms with Crippen LogP contribution in [0.5, 0.6) is 5.75 Å². The lowest BCUT2D eigenvalue weighted by molar-refractivity contribution is 0.0685. The van der Waals surface area contributed by atoms with Crippen LogP contribution in [0.25, 0.3) is 0 Å². The molecule has 14 heavy (non-hydrogen) atoms. The van der Waals surface area contributed by atoms with Crippen LogP contribution in [0, 0.1) is 5.82 Å². The van der Waals surface area contributed by atoms with Crippen molar-refractivity contribution in [1.29, 1.82) is 0 Å². The maximum atomic E-state index is 12.6. The van der Waals surface area contributed by atoms with E-state index in [-0.39, 0.29) is 0 Å². The van der Waals surface area contributed by atoms with Gasteiger partial charge in [0.2, 0.25) is 0 Å². The van der Waals surface area contributed by atoms with Crippen LogP contribution >= 0.6 is 0 Å². The molecule has 0 fully saturated rings. The van der Waals surface area contributed by atoms with Crippen molar-refractivity contribution in [2.45, 2.75) is 6.43 Å². The summed E-state index contributed by atoms with van der Waals surface area (Å²) in [6.07, 6.45) is -2.97. The predicted octanol–water partition coefficient (Wildman–Crippen LogP) is 1.56. The summed E-state index contributed by atoms with van der Waals surface area (Å²) in [6.45, 7) is 0. The molecule has 0 saturated heterocycles. The summed E-state index contributed by atoms with van der Waals surface area (Å²) in [4.78, 5) is 13.3. The minimum atomic E-state index is -3.30. The summed E-state index contributed by atoms with van der Waals surface area (Å²) < 4.78 is 36.9. The van der Waals surface area contributed by atoms with Crippen LogP contribution in [0.4, 0.5) is 13.2 Å². The van der Waals surface area contributed by atoms with Crippen LogP contribution in [0.3, 0.4) is 0 Å². The zero-order chi connectivity index (χ0) is 10.9. The summed E-state index contributed by atoms with van der Waals surface area (Å²) in [6, 6.07) is 0. The van der Waals surface area contributed by atoms with E-state index in [1.165, 1.54) is 0 Å². The lowest BCUT2D eigenvalue weighted by Crippen LogP contribution is -2.05. The first-order valence-electron chi connectivity index (χ1n) is 3.34. The topological polar surface area (TPSA) is 70.4 Å². The van der Waals surface area contributed by atoms with Gasteiger partial charge in [-0.2, -0.15) is 0 Å². The summed E-state index contributed by atoms with van der Waals surface area (Å²) in [5, 5.41) is 17.3. The molecule has 0 unspecified atom stereocenters. The molecule has 1 heterocycles. The second kappa shape index (κ2) is 3.52. The Kier molecular flexibility index (Phi) is 2.59. The first-order valence-corrected chi connectivity index (χ1v) is 3.34. The van der Waals surface area contributed by atoms with Crippen molar-refractivity contribution in [3.8, 4) is 5.75 Å². The molecule has 4 nitrogen and oxygen atoms in total. The number of rotatable bonds is 2. The third-order valence-electron chi connectivity index (χ3n) is 1.46. The Morgan fingerprint density at radius 2 is 2.07 bits per heavy atom. The Hall–Kier alpha value is -1.79. The third kappa shape index (κ3) is 1.61. The lowest BCUT2D eigenvalue weighted by Gasteiger charge is -2.05. The van der Waals surface area contributed by atoms with Gasteiger partial charge in [-0.1, -0.05) is 0 Å². The Bertz CT molecular complexity index is 381. The fraction of sp³-hybridized carbons (Fsp3) is 0.143. The van der Waals surface area contributed by atoms with Crippen LogP contribution in [-0.4, -0.2) is 21.2 Å². The second-order valence-electron chi connectivity index (χ2n) is 2.32. The maximum Gasteiger partial charge on any atom is 0.358 e. The van der Waals surface area contributed by atoms with Crippen molar-refractivity contribution < 1.29 is 28.2 Å². The van der Waals surface area contributed by atoms with Gasteiger partial charge in [0, 0.05) is 0 Å². The molecular weight excluding hydrogens is 203 g/mol. The molecule has 1 aromatic rings. The zero-order valence-electron chi connectivity index (χ0n) is 6.54. The average Bonchev–Trinajstić information content (AvgIpc) is 2.02. The molecule has 0 radical (unpaired) electrons. The van der Waals surface area contributed by atoms with Gasteiger partial charge in [0.05, 0.1) is 11.8 Å². The van der Waals surface area contributed by atoms with Gasteiger partial charge in [0.15, 0.2) is 17.3 Å². The molecule has 0 spiro atoms. The average molecular weight is 207 g/mol. The molecule has 0 amide bonds. The normalized spacial score (nSPS) is 10.6. The molecule has 0 aromatic carbocycles.